The van der Waals surface area contributed by atoms with Crippen LogP contribution in [0.15, 0.2) is 22.5 Å². The van der Waals surface area contributed by atoms with E-state index >= 15 is 0 Å². The maximum Gasteiger partial charge on any atom is 0.193 e. The molecule has 1 saturated carbocycles. The number of nitrogens with zero attached hydrogens (tertiary/aromatic N) is 3. The number of rotatable bonds is 7. The third-order valence-electron chi connectivity index (χ3n) is 4.42. The van der Waals surface area contributed by atoms with Gasteiger partial charge in [-0.3, -0.25) is 9.89 Å². The predicted octanol–water partition coefficient (Wildman–Crippen LogP) is 1.87. The van der Waals surface area contributed by atoms with Crippen molar-refractivity contribution >= 4 is 17.3 Å². The smallest absolute Gasteiger partial charge is 0.193 e. The summed E-state index contributed by atoms with van der Waals surface area (Å²) in [5.41, 5.74) is 0. The van der Waals surface area contributed by atoms with Crippen molar-refractivity contribution in [3.05, 3.63) is 22.4 Å². The van der Waals surface area contributed by atoms with Crippen LogP contribution in [0.25, 0.3) is 0 Å². The van der Waals surface area contributed by atoms with E-state index in [-0.39, 0.29) is 0 Å². The topological polar surface area (TPSA) is 40.1 Å². The largest absolute Gasteiger partial charge is 0.379 e. The Kier molecular flexibility index (Phi) is 6.30. The van der Waals surface area contributed by atoms with E-state index in [1.807, 2.05) is 18.4 Å². The van der Waals surface area contributed by atoms with Crippen LogP contribution in [-0.4, -0.2) is 68.7 Å². The molecule has 6 heteroatoms. The molecule has 1 aromatic rings. The molecule has 0 aromatic carbocycles. The average Bonchev–Trinajstić information content (AvgIpc) is 3.27. The minimum atomic E-state index is 0.772. The van der Waals surface area contributed by atoms with Gasteiger partial charge in [0.25, 0.3) is 0 Å². The number of ether oxygens (including phenoxy) is 1. The van der Waals surface area contributed by atoms with Gasteiger partial charge in [-0.25, -0.2) is 0 Å². The lowest BCUT2D eigenvalue weighted by molar-refractivity contribution is 0.127. The molecule has 2 heterocycles. The van der Waals surface area contributed by atoms with Crippen molar-refractivity contribution in [2.24, 2.45) is 10.9 Å². The molecule has 2 aliphatic rings. The van der Waals surface area contributed by atoms with Gasteiger partial charge in [0.05, 0.1) is 6.61 Å². The number of nitrogens with one attached hydrogen (secondary N) is 1. The quantitative estimate of drug-likeness (QED) is 0.469. The number of hydrogen-bond acceptors (Lipinski definition) is 4. The van der Waals surface area contributed by atoms with Crippen LogP contribution in [0.2, 0.25) is 0 Å². The summed E-state index contributed by atoms with van der Waals surface area (Å²) in [6, 6.07) is 4.35. The standard InChI is InChI=1S/C17H28N4OS/c1-18-17(19-6-11-22-14-15-4-5-15)21-9-7-20(8-10-21)13-16-3-2-12-23-16/h2-3,12,15H,4-11,13-14H2,1H3,(H,18,19). The molecule has 0 unspecified atom stereocenters. The average molecular weight is 337 g/mol. The van der Waals surface area contributed by atoms with E-state index in [1.165, 1.54) is 17.7 Å². The van der Waals surface area contributed by atoms with Crippen molar-refractivity contribution in [2.75, 3.05) is 53.0 Å². The zero-order valence-electron chi connectivity index (χ0n) is 14.0. The molecule has 1 aliphatic heterocycles. The lowest BCUT2D eigenvalue weighted by atomic mass is 10.3. The first-order valence-electron chi connectivity index (χ1n) is 8.63. The number of piperazine rings is 1. The molecule has 1 aromatic heterocycles. The first kappa shape index (κ1) is 16.7. The van der Waals surface area contributed by atoms with E-state index in [0.717, 1.165) is 64.4 Å². The molecule has 0 spiro atoms. The Hall–Kier alpha value is -1.11. The van der Waals surface area contributed by atoms with Crippen LogP contribution in [0.4, 0.5) is 0 Å². The van der Waals surface area contributed by atoms with Gasteiger partial charge in [-0.05, 0) is 30.2 Å². The van der Waals surface area contributed by atoms with Crippen molar-refractivity contribution in [2.45, 2.75) is 19.4 Å². The Bertz CT molecular complexity index is 479. The molecule has 1 N–H and O–H groups in total. The molecule has 0 amide bonds. The molecule has 0 bridgehead atoms. The molecule has 3 rings (SSSR count). The molecule has 1 aliphatic carbocycles. The molecule has 23 heavy (non-hydrogen) atoms. The highest BCUT2D eigenvalue weighted by Gasteiger charge is 2.21. The summed E-state index contributed by atoms with van der Waals surface area (Å²) in [6.07, 6.45) is 2.70. The number of aliphatic imine (C=N–C) groups is 1. The number of thiophene rings is 1. The van der Waals surface area contributed by atoms with Gasteiger partial charge in [-0.15, -0.1) is 11.3 Å². The summed E-state index contributed by atoms with van der Waals surface area (Å²) >= 11 is 1.85. The highest BCUT2D eigenvalue weighted by molar-refractivity contribution is 7.09. The Morgan fingerprint density at radius 3 is 2.83 bits per heavy atom. The first-order valence-corrected chi connectivity index (χ1v) is 9.51. The summed E-state index contributed by atoms with van der Waals surface area (Å²) < 4.78 is 5.67. The summed E-state index contributed by atoms with van der Waals surface area (Å²) in [6.45, 7) is 7.88. The predicted molar refractivity (Wildman–Crippen MR) is 96.1 cm³/mol. The summed E-state index contributed by atoms with van der Waals surface area (Å²) in [7, 11) is 1.87. The zero-order chi connectivity index (χ0) is 15.9. The maximum absolute atomic E-state index is 5.67. The van der Waals surface area contributed by atoms with Gasteiger partial charge in [-0.2, -0.15) is 0 Å². The molecular formula is C17H28N4OS. The van der Waals surface area contributed by atoms with Crippen LogP contribution < -0.4 is 5.32 Å². The second-order valence-electron chi connectivity index (χ2n) is 6.33. The lowest BCUT2D eigenvalue weighted by Crippen LogP contribution is -2.52. The molecule has 0 atom stereocenters. The van der Waals surface area contributed by atoms with Crippen molar-refractivity contribution in [3.63, 3.8) is 0 Å². The van der Waals surface area contributed by atoms with Gasteiger partial charge in [0, 0.05) is 57.8 Å². The van der Waals surface area contributed by atoms with Crippen LogP contribution in [0, 0.1) is 5.92 Å². The summed E-state index contributed by atoms with van der Waals surface area (Å²) in [5, 5.41) is 5.58. The van der Waals surface area contributed by atoms with Gasteiger partial charge in [0.2, 0.25) is 0 Å². The van der Waals surface area contributed by atoms with Crippen LogP contribution >= 0.6 is 11.3 Å². The summed E-state index contributed by atoms with van der Waals surface area (Å²) in [4.78, 5) is 10.7. The van der Waals surface area contributed by atoms with Crippen molar-refractivity contribution in [1.29, 1.82) is 0 Å². The van der Waals surface area contributed by atoms with E-state index in [4.69, 9.17) is 4.74 Å². The van der Waals surface area contributed by atoms with Gasteiger partial charge < -0.3 is 15.0 Å². The van der Waals surface area contributed by atoms with E-state index in [2.05, 4.69) is 37.6 Å². The molecular weight excluding hydrogens is 308 g/mol. The Morgan fingerprint density at radius 2 is 2.17 bits per heavy atom. The van der Waals surface area contributed by atoms with E-state index < -0.39 is 0 Å². The molecule has 2 fully saturated rings. The van der Waals surface area contributed by atoms with Crippen LogP contribution in [-0.2, 0) is 11.3 Å². The summed E-state index contributed by atoms with van der Waals surface area (Å²) in [5.74, 6) is 1.85. The highest BCUT2D eigenvalue weighted by Crippen LogP contribution is 2.28. The minimum absolute atomic E-state index is 0.772. The SMILES string of the molecule is CN=C(NCCOCC1CC1)N1CCN(Cc2cccs2)CC1. The van der Waals surface area contributed by atoms with Crippen molar-refractivity contribution < 1.29 is 4.74 Å². The fraction of sp³-hybridized carbons (Fsp3) is 0.706. The Labute approximate surface area is 143 Å². The molecule has 128 valence electrons. The van der Waals surface area contributed by atoms with E-state index in [1.54, 1.807) is 0 Å². The Morgan fingerprint density at radius 1 is 1.35 bits per heavy atom. The van der Waals surface area contributed by atoms with Crippen LogP contribution in [0.5, 0.6) is 0 Å². The second kappa shape index (κ2) is 8.66. The molecule has 5 nitrogen and oxygen atoms in total. The fourth-order valence-electron chi connectivity index (χ4n) is 2.84. The van der Waals surface area contributed by atoms with E-state index in [9.17, 15) is 0 Å². The monoisotopic (exact) mass is 336 g/mol. The van der Waals surface area contributed by atoms with Gasteiger partial charge >= 0.3 is 0 Å². The van der Waals surface area contributed by atoms with Crippen LogP contribution in [0.3, 0.4) is 0 Å². The number of hydrogen-bond donors (Lipinski definition) is 1. The van der Waals surface area contributed by atoms with Crippen molar-refractivity contribution in [1.82, 2.24) is 15.1 Å². The first-order chi connectivity index (χ1) is 11.3. The van der Waals surface area contributed by atoms with Crippen LogP contribution in [0.1, 0.15) is 17.7 Å². The zero-order valence-corrected chi connectivity index (χ0v) is 14.9. The normalized spacial score (nSPS) is 20.0. The second-order valence-corrected chi connectivity index (χ2v) is 7.37. The Balaban J connectivity index is 1.33. The number of guanidine groups is 1. The minimum Gasteiger partial charge on any atom is -0.379 e. The fourth-order valence-corrected chi connectivity index (χ4v) is 3.59. The van der Waals surface area contributed by atoms with Gasteiger partial charge in [0.15, 0.2) is 5.96 Å². The van der Waals surface area contributed by atoms with Gasteiger partial charge in [-0.1, -0.05) is 6.07 Å². The third kappa shape index (κ3) is 5.48. The highest BCUT2D eigenvalue weighted by atomic mass is 32.1. The lowest BCUT2D eigenvalue weighted by Gasteiger charge is -2.36. The van der Waals surface area contributed by atoms with E-state index in [0.29, 0.717) is 0 Å². The van der Waals surface area contributed by atoms with Crippen molar-refractivity contribution in [3.8, 4) is 0 Å². The van der Waals surface area contributed by atoms with Gasteiger partial charge in [0.1, 0.15) is 0 Å². The molecule has 0 radical (unpaired) electrons. The maximum atomic E-state index is 5.67. The molecule has 1 saturated heterocycles. The third-order valence-corrected chi connectivity index (χ3v) is 5.28.